The van der Waals surface area contributed by atoms with Crippen molar-refractivity contribution in [1.82, 2.24) is 0 Å². The molecule has 0 radical (unpaired) electrons. The summed E-state index contributed by atoms with van der Waals surface area (Å²) in [5, 5.41) is -0.0506. The number of halogens is 4. The molecule has 0 aliphatic heterocycles. The molecule has 5 rings (SSSR count). The van der Waals surface area contributed by atoms with Crippen LogP contribution in [0.5, 0.6) is 0 Å². The lowest BCUT2D eigenvalue weighted by molar-refractivity contribution is -0.0381. The first-order valence-corrected chi connectivity index (χ1v) is 8.63. The highest BCUT2D eigenvalue weighted by atomic mass is 35.5. The van der Waals surface area contributed by atoms with Crippen molar-refractivity contribution in [3.8, 4) is 0 Å². The van der Waals surface area contributed by atoms with E-state index >= 15 is 0 Å². The molecule has 4 aliphatic rings. The van der Waals surface area contributed by atoms with E-state index in [1.165, 1.54) is 38.2 Å². The predicted octanol–water partition coefficient (Wildman–Crippen LogP) is 5.97. The quantitative estimate of drug-likeness (QED) is 0.462. The predicted molar refractivity (Wildman–Crippen MR) is 80.5 cm³/mol. The van der Waals surface area contributed by atoms with Gasteiger partial charge in [0.15, 0.2) is 11.6 Å². The van der Waals surface area contributed by atoms with Crippen molar-refractivity contribution in [3.05, 3.63) is 34.4 Å². The molecule has 1 atom stereocenters. The van der Waals surface area contributed by atoms with Crippen molar-refractivity contribution in [2.45, 2.75) is 37.5 Å². The second-order valence-corrected chi connectivity index (χ2v) is 8.08. The van der Waals surface area contributed by atoms with Gasteiger partial charge in [-0.2, -0.15) is 0 Å². The van der Waals surface area contributed by atoms with E-state index in [1.807, 2.05) is 0 Å². The number of rotatable bonds is 2. The van der Waals surface area contributed by atoms with Gasteiger partial charge in [0.05, 0.1) is 5.38 Å². The van der Waals surface area contributed by atoms with Gasteiger partial charge in [0.25, 0.3) is 0 Å². The van der Waals surface area contributed by atoms with Crippen LogP contribution in [0.1, 0.15) is 43.0 Å². The first kappa shape index (κ1) is 14.3. The average Bonchev–Trinajstić information content (AvgIpc) is 2.41. The highest BCUT2D eigenvalue weighted by molar-refractivity contribution is 6.32. The molecule has 0 nitrogen and oxygen atoms in total. The molecule has 1 aromatic rings. The monoisotopic (exact) mass is 330 g/mol. The van der Waals surface area contributed by atoms with Gasteiger partial charge in [-0.1, -0.05) is 11.6 Å². The average molecular weight is 331 g/mol. The smallest absolute Gasteiger partial charge is 0.160 e. The summed E-state index contributed by atoms with van der Waals surface area (Å²) in [5.41, 5.74) is 0.565. The van der Waals surface area contributed by atoms with Gasteiger partial charge in [-0.3, -0.25) is 0 Å². The van der Waals surface area contributed by atoms with Crippen LogP contribution in [0.2, 0.25) is 5.02 Å². The minimum Gasteiger partial charge on any atom is -0.204 e. The Bertz CT molecular complexity index is 544. The molecule has 0 amide bonds. The molecule has 0 heterocycles. The Morgan fingerprint density at radius 1 is 0.905 bits per heavy atom. The Labute approximate surface area is 133 Å². The van der Waals surface area contributed by atoms with Crippen LogP contribution in [0.4, 0.5) is 8.78 Å². The molecule has 1 unspecified atom stereocenters. The Hall–Kier alpha value is -0.340. The van der Waals surface area contributed by atoms with Crippen LogP contribution in [0.15, 0.2) is 12.1 Å². The van der Waals surface area contributed by atoms with Crippen LogP contribution in [0.25, 0.3) is 0 Å². The van der Waals surface area contributed by atoms with Crippen molar-refractivity contribution < 1.29 is 8.78 Å². The molecule has 114 valence electrons. The molecule has 0 saturated heterocycles. The van der Waals surface area contributed by atoms with Gasteiger partial charge in [-0.25, -0.2) is 8.78 Å². The Balaban J connectivity index is 1.66. The summed E-state index contributed by atoms with van der Waals surface area (Å²) in [6.07, 6.45) is 6.40. The summed E-state index contributed by atoms with van der Waals surface area (Å²) < 4.78 is 26.8. The fraction of sp³-hybridized carbons (Fsp3) is 0.647. The maximum Gasteiger partial charge on any atom is 0.160 e. The lowest BCUT2D eigenvalue weighted by Gasteiger charge is -2.55. The molecular formula is C17H18Cl2F2. The zero-order chi connectivity index (χ0) is 14.7. The van der Waals surface area contributed by atoms with E-state index in [1.54, 1.807) is 0 Å². The molecule has 4 saturated carbocycles. The van der Waals surface area contributed by atoms with Gasteiger partial charge < -0.3 is 0 Å². The van der Waals surface area contributed by atoms with E-state index in [0.29, 0.717) is 23.3 Å². The van der Waals surface area contributed by atoms with Gasteiger partial charge >= 0.3 is 0 Å². The molecule has 4 aliphatic carbocycles. The van der Waals surface area contributed by atoms with Gasteiger partial charge in [0.2, 0.25) is 0 Å². The Morgan fingerprint density at radius 2 is 1.43 bits per heavy atom. The first-order valence-electron chi connectivity index (χ1n) is 7.81. The van der Waals surface area contributed by atoms with Crippen LogP contribution in [-0.4, -0.2) is 0 Å². The zero-order valence-electron chi connectivity index (χ0n) is 11.7. The summed E-state index contributed by atoms with van der Waals surface area (Å²) in [7, 11) is 0. The summed E-state index contributed by atoms with van der Waals surface area (Å²) in [5.74, 6) is 1.60. The van der Waals surface area contributed by atoms with E-state index < -0.39 is 11.6 Å². The van der Waals surface area contributed by atoms with Crippen LogP contribution in [0, 0.1) is 41.2 Å². The van der Waals surface area contributed by atoms with Crippen LogP contribution >= 0.6 is 23.2 Å². The van der Waals surface area contributed by atoms with E-state index in [9.17, 15) is 8.78 Å². The molecular weight excluding hydrogens is 313 g/mol. The second kappa shape index (κ2) is 5.09. The lowest BCUT2D eigenvalue weighted by atomic mass is 9.51. The first-order chi connectivity index (χ1) is 10.0. The summed E-state index contributed by atoms with van der Waals surface area (Å²) in [6, 6.07) is 2.25. The van der Waals surface area contributed by atoms with Crippen LogP contribution < -0.4 is 0 Å². The highest BCUT2D eigenvalue weighted by Gasteiger charge is 2.50. The maximum absolute atomic E-state index is 13.6. The number of alkyl halides is 1. The van der Waals surface area contributed by atoms with E-state index in [0.717, 1.165) is 17.9 Å². The molecule has 0 spiro atoms. The molecule has 0 N–H and O–H groups in total. The normalized spacial score (nSPS) is 38.8. The molecule has 0 aromatic heterocycles. The summed E-state index contributed by atoms with van der Waals surface area (Å²) in [4.78, 5) is 0. The van der Waals surface area contributed by atoms with Gasteiger partial charge in [0.1, 0.15) is 0 Å². The minimum atomic E-state index is -0.905. The Morgan fingerprint density at radius 3 is 2.00 bits per heavy atom. The molecule has 21 heavy (non-hydrogen) atoms. The largest absolute Gasteiger partial charge is 0.204 e. The van der Waals surface area contributed by atoms with Crippen molar-refractivity contribution in [3.63, 3.8) is 0 Å². The van der Waals surface area contributed by atoms with Crippen molar-refractivity contribution in [1.29, 1.82) is 0 Å². The summed E-state index contributed by atoms with van der Waals surface area (Å²) in [6.45, 7) is 0. The standard InChI is InChI=1S/C17H18Cl2F2/c18-13-7-15(21)14(20)6-12(13)17(19)16-10-2-8-1-9(4-10)5-11(16)3-8/h6-11,16-17H,1-5H2. The maximum atomic E-state index is 13.6. The second-order valence-electron chi connectivity index (χ2n) is 7.20. The SMILES string of the molecule is Fc1cc(Cl)c(C(Cl)C2C3CC4CC(C3)CC2C4)cc1F. The molecule has 4 bridgehead atoms. The molecule has 1 aromatic carbocycles. The third-order valence-corrected chi connectivity index (χ3v) is 6.83. The Kier molecular flexibility index (Phi) is 3.46. The fourth-order valence-electron chi connectivity index (χ4n) is 5.40. The van der Waals surface area contributed by atoms with Crippen LogP contribution in [0.3, 0.4) is 0 Å². The van der Waals surface area contributed by atoms with Crippen LogP contribution in [-0.2, 0) is 0 Å². The number of hydrogen-bond acceptors (Lipinski definition) is 0. The topological polar surface area (TPSA) is 0 Å². The third-order valence-electron chi connectivity index (χ3n) is 5.97. The van der Waals surface area contributed by atoms with Crippen molar-refractivity contribution in [2.24, 2.45) is 29.6 Å². The van der Waals surface area contributed by atoms with Gasteiger partial charge in [0, 0.05) is 5.02 Å². The van der Waals surface area contributed by atoms with E-state index in [2.05, 4.69) is 0 Å². The van der Waals surface area contributed by atoms with Crippen molar-refractivity contribution >= 4 is 23.2 Å². The molecule has 4 fully saturated rings. The summed E-state index contributed by atoms with van der Waals surface area (Å²) >= 11 is 12.8. The van der Waals surface area contributed by atoms with E-state index in [-0.39, 0.29) is 10.4 Å². The van der Waals surface area contributed by atoms with Gasteiger partial charge in [-0.05, 0) is 79.4 Å². The highest BCUT2D eigenvalue weighted by Crippen LogP contribution is 2.60. The zero-order valence-corrected chi connectivity index (χ0v) is 13.2. The third kappa shape index (κ3) is 2.30. The van der Waals surface area contributed by atoms with Gasteiger partial charge in [-0.15, -0.1) is 11.6 Å². The number of benzene rings is 1. The minimum absolute atomic E-state index is 0.253. The lowest BCUT2D eigenvalue weighted by Crippen LogP contribution is -2.46. The van der Waals surface area contributed by atoms with E-state index in [4.69, 9.17) is 23.2 Å². The molecule has 4 heteroatoms. The number of hydrogen-bond donors (Lipinski definition) is 0. The van der Waals surface area contributed by atoms with Crippen molar-refractivity contribution in [2.75, 3.05) is 0 Å². The fourth-order valence-corrected chi connectivity index (χ4v) is 6.32.